The average Bonchev–Trinajstić information content (AvgIpc) is 2.28. The summed E-state index contributed by atoms with van der Waals surface area (Å²) in [5, 5.41) is 21.5. The van der Waals surface area contributed by atoms with Gasteiger partial charge in [0.15, 0.2) is 0 Å². The van der Waals surface area contributed by atoms with E-state index in [1.165, 1.54) is 6.92 Å². The predicted octanol–water partition coefficient (Wildman–Crippen LogP) is 0.984. The molecule has 0 aliphatic heterocycles. The number of nitro benzene ring substituents is 1. The van der Waals surface area contributed by atoms with Crippen molar-refractivity contribution in [2.45, 2.75) is 13.0 Å². The highest BCUT2D eigenvalue weighted by Crippen LogP contribution is 2.22. The molecule has 2 N–H and O–H groups in total. The maximum Gasteiger partial charge on any atom is 0.308 e. The van der Waals surface area contributed by atoms with Gasteiger partial charge in [-0.3, -0.25) is 14.9 Å². The summed E-state index contributed by atoms with van der Waals surface area (Å²) in [6.07, 6.45) is -0.874. The summed E-state index contributed by atoms with van der Waals surface area (Å²) in [5.74, 6) is -3.54. The minimum atomic E-state index is -1.41. The number of carbonyl (C=O) groups excluding carboxylic acids is 1. The van der Waals surface area contributed by atoms with Crippen LogP contribution in [-0.2, 0) is 0 Å². The van der Waals surface area contributed by atoms with Crippen molar-refractivity contribution in [3.05, 3.63) is 39.4 Å². The number of nitrogens with one attached hydrogen (secondary N) is 1. The largest absolute Gasteiger partial charge is 0.392 e. The van der Waals surface area contributed by atoms with Crippen LogP contribution in [0.25, 0.3) is 0 Å². The number of aliphatic hydroxyl groups excluding tert-OH is 1. The quantitative estimate of drug-likeness (QED) is 0.623. The molecule has 1 aromatic carbocycles. The van der Waals surface area contributed by atoms with Crippen molar-refractivity contribution >= 4 is 11.6 Å². The van der Waals surface area contributed by atoms with Gasteiger partial charge in [-0.05, 0) is 13.0 Å². The summed E-state index contributed by atoms with van der Waals surface area (Å²) < 4.78 is 26.6. The van der Waals surface area contributed by atoms with Gasteiger partial charge in [0.2, 0.25) is 5.82 Å². The van der Waals surface area contributed by atoms with Crippen molar-refractivity contribution in [3.63, 3.8) is 0 Å². The number of rotatable bonds is 4. The Morgan fingerprint density at radius 1 is 1.56 bits per heavy atom. The lowest BCUT2D eigenvalue weighted by atomic mass is 10.1. The number of benzene rings is 1. The highest BCUT2D eigenvalue weighted by Gasteiger charge is 2.24. The van der Waals surface area contributed by atoms with Crippen LogP contribution in [0, 0.1) is 21.7 Å². The summed E-state index contributed by atoms with van der Waals surface area (Å²) in [6.45, 7) is 1.20. The second-order valence-corrected chi connectivity index (χ2v) is 3.60. The smallest absolute Gasteiger partial charge is 0.308 e. The van der Waals surface area contributed by atoms with Gasteiger partial charge in [-0.1, -0.05) is 0 Å². The van der Waals surface area contributed by atoms with E-state index in [-0.39, 0.29) is 6.54 Å². The van der Waals surface area contributed by atoms with Crippen LogP contribution in [0.4, 0.5) is 14.5 Å². The molecule has 8 heteroatoms. The van der Waals surface area contributed by atoms with Gasteiger partial charge in [-0.2, -0.15) is 4.39 Å². The number of carbonyl (C=O) groups is 1. The lowest BCUT2D eigenvalue weighted by Gasteiger charge is -2.08. The minimum Gasteiger partial charge on any atom is -0.392 e. The van der Waals surface area contributed by atoms with E-state index in [1.807, 2.05) is 0 Å². The zero-order chi connectivity index (χ0) is 13.9. The SMILES string of the molecule is CC(O)CNC(=O)c1cc(F)cc([N+](=O)[O-])c1F. The first-order valence-electron chi connectivity index (χ1n) is 4.92. The van der Waals surface area contributed by atoms with Crippen LogP contribution in [0.15, 0.2) is 12.1 Å². The molecule has 0 saturated carbocycles. The van der Waals surface area contributed by atoms with E-state index in [0.29, 0.717) is 12.1 Å². The normalized spacial score (nSPS) is 12.0. The molecule has 0 fully saturated rings. The molecule has 98 valence electrons. The Labute approximate surface area is 100 Å². The van der Waals surface area contributed by atoms with Crippen molar-refractivity contribution in [1.82, 2.24) is 5.32 Å². The van der Waals surface area contributed by atoms with E-state index < -0.39 is 39.8 Å². The van der Waals surface area contributed by atoms with Gasteiger partial charge in [-0.15, -0.1) is 0 Å². The fraction of sp³-hybridized carbons (Fsp3) is 0.300. The maximum atomic E-state index is 13.5. The monoisotopic (exact) mass is 260 g/mol. The Morgan fingerprint density at radius 2 is 2.17 bits per heavy atom. The van der Waals surface area contributed by atoms with Crippen LogP contribution in [-0.4, -0.2) is 28.6 Å². The zero-order valence-electron chi connectivity index (χ0n) is 9.31. The molecule has 0 saturated heterocycles. The molecule has 18 heavy (non-hydrogen) atoms. The molecule has 0 aromatic heterocycles. The van der Waals surface area contributed by atoms with Crippen LogP contribution in [0.2, 0.25) is 0 Å². The number of aliphatic hydroxyl groups is 1. The zero-order valence-corrected chi connectivity index (χ0v) is 9.31. The van der Waals surface area contributed by atoms with Crippen LogP contribution in [0.1, 0.15) is 17.3 Å². The van der Waals surface area contributed by atoms with Crippen LogP contribution < -0.4 is 5.32 Å². The summed E-state index contributed by atoms with van der Waals surface area (Å²) >= 11 is 0. The Kier molecular flexibility index (Phi) is 4.27. The van der Waals surface area contributed by atoms with Crippen molar-refractivity contribution in [2.75, 3.05) is 6.54 Å². The van der Waals surface area contributed by atoms with Gasteiger partial charge >= 0.3 is 5.69 Å². The molecule has 0 aliphatic rings. The van der Waals surface area contributed by atoms with E-state index in [2.05, 4.69) is 5.32 Å². The fourth-order valence-corrected chi connectivity index (χ4v) is 1.21. The number of nitro groups is 1. The van der Waals surface area contributed by atoms with Crippen LogP contribution in [0.5, 0.6) is 0 Å². The van der Waals surface area contributed by atoms with Crippen molar-refractivity contribution in [3.8, 4) is 0 Å². The molecule has 0 aliphatic carbocycles. The molecular formula is C10H10F2N2O4. The number of nitrogens with zero attached hydrogens (tertiary/aromatic N) is 1. The third-order valence-corrected chi connectivity index (χ3v) is 2.02. The first kappa shape index (κ1) is 14.0. The molecule has 1 amide bonds. The fourth-order valence-electron chi connectivity index (χ4n) is 1.21. The Morgan fingerprint density at radius 3 is 2.67 bits per heavy atom. The molecule has 1 aromatic rings. The van der Waals surface area contributed by atoms with E-state index in [9.17, 15) is 23.7 Å². The Balaban J connectivity index is 3.09. The first-order chi connectivity index (χ1) is 8.32. The molecule has 0 heterocycles. The number of amides is 1. The van der Waals surface area contributed by atoms with E-state index in [1.54, 1.807) is 0 Å². The number of halogens is 2. The van der Waals surface area contributed by atoms with E-state index in [0.717, 1.165) is 0 Å². The van der Waals surface area contributed by atoms with E-state index >= 15 is 0 Å². The molecule has 0 radical (unpaired) electrons. The van der Waals surface area contributed by atoms with Gasteiger partial charge in [0, 0.05) is 6.54 Å². The highest BCUT2D eigenvalue weighted by atomic mass is 19.1. The number of hydrogen-bond donors (Lipinski definition) is 2. The van der Waals surface area contributed by atoms with Crippen LogP contribution >= 0.6 is 0 Å². The molecule has 0 bridgehead atoms. The molecule has 0 spiro atoms. The van der Waals surface area contributed by atoms with Gasteiger partial charge in [0.1, 0.15) is 5.82 Å². The molecule has 1 atom stereocenters. The third-order valence-electron chi connectivity index (χ3n) is 2.02. The summed E-state index contributed by atoms with van der Waals surface area (Å²) in [6, 6.07) is 0.945. The Bertz CT molecular complexity index is 491. The van der Waals surface area contributed by atoms with Gasteiger partial charge in [-0.25, -0.2) is 4.39 Å². The van der Waals surface area contributed by atoms with Crippen molar-refractivity contribution in [1.29, 1.82) is 0 Å². The maximum absolute atomic E-state index is 13.5. The summed E-state index contributed by atoms with van der Waals surface area (Å²) in [4.78, 5) is 20.8. The topological polar surface area (TPSA) is 92.5 Å². The van der Waals surface area contributed by atoms with Gasteiger partial charge < -0.3 is 10.4 Å². The molecule has 6 nitrogen and oxygen atoms in total. The molecule has 1 rings (SSSR count). The summed E-state index contributed by atoms with van der Waals surface area (Å²) in [5.41, 5.74) is -1.89. The van der Waals surface area contributed by atoms with Gasteiger partial charge in [0.05, 0.1) is 22.7 Å². The highest BCUT2D eigenvalue weighted by molar-refractivity contribution is 5.95. The third kappa shape index (κ3) is 3.20. The van der Waals surface area contributed by atoms with Crippen LogP contribution in [0.3, 0.4) is 0 Å². The van der Waals surface area contributed by atoms with Crippen molar-refractivity contribution < 1.29 is 23.6 Å². The number of hydrogen-bond acceptors (Lipinski definition) is 4. The minimum absolute atomic E-state index is 0.178. The second kappa shape index (κ2) is 5.50. The predicted molar refractivity (Wildman–Crippen MR) is 57.0 cm³/mol. The first-order valence-corrected chi connectivity index (χ1v) is 4.92. The van der Waals surface area contributed by atoms with E-state index in [4.69, 9.17) is 5.11 Å². The van der Waals surface area contributed by atoms with Gasteiger partial charge in [0.25, 0.3) is 5.91 Å². The lowest BCUT2D eigenvalue weighted by Crippen LogP contribution is -2.31. The molecule has 1 unspecified atom stereocenters. The molecular weight excluding hydrogens is 250 g/mol. The standard InChI is InChI=1S/C10H10F2N2O4/c1-5(15)4-13-10(16)7-2-6(11)3-8(9(7)12)14(17)18/h2-3,5,15H,4H2,1H3,(H,13,16). The second-order valence-electron chi connectivity index (χ2n) is 3.60. The average molecular weight is 260 g/mol. The van der Waals surface area contributed by atoms with Crippen molar-refractivity contribution in [2.24, 2.45) is 0 Å². The lowest BCUT2D eigenvalue weighted by molar-refractivity contribution is -0.387. The Hall–Kier alpha value is -2.09. The summed E-state index contributed by atoms with van der Waals surface area (Å²) in [7, 11) is 0.